The third-order valence-corrected chi connectivity index (χ3v) is 5.40. The van der Waals surface area contributed by atoms with Gasteiger partial charge >= 0.3 is 0 Å². The van der Waals surface area contributed by atoms with Gasteiger partial charge in [0, 0.05) is 10.9 Å². The highest BCUT2D eigenvalue weighted by molar-refractivity contribution is 7.16. The number of thiophene rings is 1. The fraction of sp³-hybridized carbons (Fsp3) is 0. The molecule has 0 atom stereocenters. The van der Waals surface area contributed by atoms with E-state index in [0.717, 1.165) is 21.7 Å². The number of hydrogen-bond acceptors (Lipinski definition) is 4. The average Bonchev–Trinajstić information content (AvgIpc) is 3.34. The fourth-order valence-electron chi connectivity index (χ4n) is 2.48. The van der Waals surface area contributed by atoms with E-state index in [1.807, 2.05) is 65.4 Å². The number of thiazole rings is 1. The number of hydrogen-bond donors (Lipinski definition) is 1. The summed E-state index contributed by atoms with van der Waals surface area (Å²) in [6, 6.07) is 21.7. The maximum atomic E-state index is 12.4. The predicted octanol–water partition coefficient (Wildman–Crippen LogP) is 5.79. The molecular weight excluding hydrogens is 348 g/mol. The van der Waals surface area contributed by atoms with E-state index < -0.39 is 0 Å². The smallest absolute Gasteiger partial charge is 0.257 e. The normalized spacial score (nSPS) is 10.6. The van der Waals surface area contributed by atoms with Crippen LogP contribution in [0.1, 0.15) is 10.4 Å². The Morgan fingerprint density at radius 3 is 2.32 bits per heavy atom. The number of carbonyl (C=O) groups excluding carboxylic acids is 1. The molecule has 0 saturated heterocycles. The summed E-state index contributed by atoms with van der Waals surface area (Å²) in [7, 11) is 0. The van der Waals surface area contributed by atoms with Crippen molar-refractivity contribution in [2.24, 2.45) is 0 Å². The molecule has 0 radical (unpaired) electrons. The summed E-state index contributed by atoms with van der Waals surface area (Å²) >= 11 is 3.07. The molecule has 1 N–H and O–H groups in total. The highest BCUT2D eigenvalue weighted by atomic mass is 32.1. The Kier molecular flexibility index (Phi) is 4.41. The van der Waals surface area contributed by atoms with E-state index in [4.69, 9.17) is 0 Å². The second-order valence-electron chi connectivity index (χ2n) is 5.41. The van der Waals surface area contributed by atoms with Crippen LogP contribution in [-0.4, -0.2) is 10.9 Å². The Hall–Kier alpha value is -2.76. The van der Waals surface area contributed by atoms with Gasteiger partial charge in [0.2, 0.25) is 0 Å². The number of amides is 1. The van der Waals surface area contributed by atoms with Crippen molar-refractivity contribution in [1.82, 2.24) is 4.98 Å². The van der Waals surface area contributed by atoms with Crippen LogP contribution in [0.15, 0.2) is 77.5 Å². The summed E-state index contributed by atoms with van der Waals surface area (Å²) in [6.07, 6.45) is 0. The molecule has 0 saturated carbocycles. The first kappa shape index (κ1) is 15.7. The van der Waals surface area contributed by atoms with E-state index in [9.17, 15) is 4.79 Å². The van der Waals surface area contributed by atoms with Gasteiger partial charge in [0.05, 0.1) is 10.6 Å². The zero-order valence-corrected chi connectivity index (χ0v) is 14.8. The number of carbonyl (C=O) groups is 1. The van der Waals surface area contributed by atoms with Gasteiger partial charge in [-0.2, -0.15) is 0 Å². The Bertz CT molecular complexity index is 974. The van der Waals surface area contributed by atoms with Crippen LogP contribution < -0.4 is 5.32 Å². The third-order valence-electron chi connectivity index (χ3n) is 3.75. The standard InChI is InChI=1S/C20H14N2OS2/c23-19(22-20-21-17(13-25-20)18-7-4-12-24-18)16-10-8-15(9-11-16)14-5-2-1-3-6-14/h1-13H,(H,21,22,23). The Morgan fingerprint density at radius 1 is 0.840 bits per heavy atom. The van der Waals surface area contributed by atoms with Crippen LogP contribution >= 0.6 is 22.7 Å². The third kappa shape index (κ3) is 3.52. The summed E-state index contributed by atoms with van der Waals surface area (Å²) in [5.41, 5.74) is 3.74. The molecule has 0 spiro atoms. The minimum Gasteiger partial charge on any atom is -0.298 e. The molecule has 122 valence electrons. The first-order valence-electron chi connectivity index (χ1n) is 7.76. The molecule has 1 amide bonds. The second-order valence-corrected chi connectivity index (χ2v) is 7.22. The molecule has 25 heavy (non-hydrogen) atoms. The van der Waals surface area contributed by atoms with E-state index in [0.29, 0.717) is 10.7 Å². The molecule has 5 heteroatoms. The van der Waals surface area contributed by atoms with Crippen LogP contribution in [0.25, 0.3) is 21.7 Å². The van der Waals surface area contributed by atoms with Crippen molar-refractivity contribution in [3.05, 3.63) is 83.1 Å². The maximum absolute atomic E-state index is 12.4. The van der Waals surface area contributed by atoms with Crippen molar-refractivity contribution in [2.75, 3.05) is 5.32 Å². The minimum atomic E-state index is -0.147. The topological polar surface area (TPSA) is 42.0 Å². The monoisotopic (exact) mass is 362 g/mol. The number of nitrogens with zero attached hydrogens (tertiary/aromatic N) is 1. The van der Waals surface area contributed by atoms with Gasteiger partial charge in [-0.1, -0.05) is 48.5 Å². The number of nitrogens with one attached hydrogen (secondary N) is 1. The number of anilines is 1. The van der Waals surface area contributed by atoms with Crippen molar-refractivity contribution >= 4 is 33.7 Å². The summed E-state index contributed by atoms with van der Waals surface area (Å²) in [5.74, 6) is -0.147. The van der Waals surface area contributed by atoms with Crippen LogP contribution in [0, 0.1) is 0 Å². The largest absolute Gasteiger partial charge is 0.298 e. The lowest BCUT2D eigenvalue weighted by molar-refractivity contribution is 0.102. The van der Waals surface area contributed by atoms with Crippen molar-refractivity contribution < 1.29 is 4.79 Å². The van der Waals surface area contributed by atoms with Gasteiger partial charge in [0.15, 0.2) is 5.13 Å². The maximum Gasteiger partial charge on any atom is 0.257 e. The lowest BCUT2D eigenvalue weighted by Crippen LogP contribution is -2.11. The first-order chi connectivity index (χ1) is 12.3. The van der Waals surface area contributed by atoms with Gasteiger partial charge in [0.1, 0.15) is 0 Å². The number of benzene rings is 2. The predicted molar refractivity (Wildman–Crippen MR) is 105 cm³/mol. The van der Waals surface area contributed by atoms with Crippen molar-refractivity contribution in [3.63, 3.8) is 0 Å². The quantitative estimate of drug-likeness (QED) is 0.499. The molecule has 0 aliphatic rings. The highest BCUT2D eigenvalue weighted by Gasteiger charge is 2.10. The van der Waals surface area contributed by atoms with Gasteiger partial charge in [0.25, 0.3) is 5.91 Å². The molecule has 0 aliphatic heterocycles. The van der Waals surface area contributed by atoms with Crippen molar-refractivity contribution in [2.45, 2.75) is 0 Å². The van der Waals surface area contributed by atoms with Crippen LogP contribution in [-0.2, 0) is 0 Å². The van der Waals surface area contributed by atoms with Gasteiger partial charge in [-0.3, -0.25) is 10.1 Å². The molecule has 2 heterocycles. The summed E-state index contributed by atoms with van der Waals surface area (Å²) in [5, 5.41) is 7.46. The lowest BCUT2D eigenvalue weighted by atomic mass is 10.0. The molecule has 3 nitrogen and oxygen atoms in total. The SMILES string of the molecule is O=C(Nc1nc(-c2cccs2)cs1)c1ccc(-c2ccccc2)cc1. The van der Waals surface area contributed by atoms with E-state index in [1.165, 1.54) is 11.3 Å². The van der Waals surface area contributed by atoms with Crippen LogP contribution in [0.4, 0.5) is 5.13 Å². The Balaban J connectivity index is 1.48. The average molecular weight is 362 g/mol. The Labute approximate surface area is 153 Å². The van der Waals surface area contributed by atoms with Crippen LogP contribution in [0.3, 0.4) is 0 Å². The highest BCUT2D eigenvalue weighted by Crippen LogP contribution is 2.28. The van der Waals surface area contributed by atoms with Gasteiger partial charge in [-0.25, -0.2) is 4.98 Å². The van der Waals surface area contributed by atoms with Crippen LogP contribution in [0.5, 0.6) is 0 Å². The Morgan fingerprint density at radius 2 is 1.60 bits per heavy atom. The molecule has 2 aromatic heterocycles. The van der Waals surface area contributed by atoms with Crippen LogP contribution in [0.2, 0.25) is 0 Å². The zero-order valence-electron chi connectivity index (χ0n) is 13.2. The van der Waals surface area contributed by atoms with Crippen molar-refractivity contribution in [3.8, 4) is 21.7 Å². The molecule has 0 bridgehead atoms. The lowest BCUT2D eigenvalue weighted by Gasteiger charge is -2.04. The summed E-state index contributed by atoms with van der Waals surface area (Å²) in [4.78, 5) is 18.0. The zero-order chi connectivity index (χ0) is 17.1. The van der Waals surface area contributed by atoms with Gasteiger partial charge in [-0.05, 0) is 34.7 Å². The van der Waals surface area contributed by atoms with Gasteiger partial charge < -0.3 is 0 Å². The molecular formula is C20H14N2OS2. The summed E-state index contributed by atoms with van der Waals surface area (Å²) < 4.78 is 0. The molecule has 2 aromatic carbocycles. The van der Waals surface area contributed by atoms with E-state index in [1.54, 1.807) is 11.3 Å². The molecule has 0 aliphatic carbocycles. The van der Waals surface area contributed by atoms with Gasteiger partial charge in [-0.15, -0.1) is 22.7 Å². The van der Waals surface area contributed by atoms with Crippen molar-refractivity contribution in [1.29, 1.82) is 0 Å². The molecule has 4 rings (SSSR count). The second kappa shape index (κ2) is 7.01. The number of aromatic nitrogens is 1. The molecule has 4 aromatic rings. The molecule has 0 unspecified atom stereocenters. The summed E-state index contributed by atoms with van der Waals surface area (Å²) in [6.45, 7) is 0. The number of rotatable bonds is 4. The van der Waals surface area contributed by atoms with E-state index >= 15 is 0 Å². The molecule has 0 fully saturated rings. The fourth-order valence-corrected chi connectivity index (χ4v) is 3.95. The van der Waals surface area contributed by atoms with E-state index in [-0.39, 0.29) is 5.91 Å². The van der Waals surface area contributed by atoms with E-state index in [2.05, 4.69) is 22.4 Å². The first-order valence-corrected chi connectivity index (χ1v) is 9.52. The minimum absolute atomic E-state index is 0.147.